The van der Waals surface area contributed by atoms with Crippen LogP contribution >= 0.6 is 11.6 Å². The molecular formula is C17H25ClO2. The highest BCUT2D eigenvalue weighted by molar-refractivity contribution is 6.31. The predicted molar refractivity (Wildman–Crippen MR) is 83.7 cm³/mol. The first kappa shape index (κ1) is 15.7. The number of halogens is 1. The molecule has 2 nitrogen and oxygen atoms in total. The monoisotopic (exact) mass is 296 g/mol. The Bertz CT molecular complexity index is 498. The topological polar surface area (TPSA) is 29.5 Å². The SMILES string of the molecule is CCC1(C)C(O)CC1Oc1cc(C(C)C)c(Cl)cc1C. The molecule has 0 saturated heterocycles. The molecule has 0 aliphatic heterocycles. The molecular weight excluding hydrogens is 272 g/mol. The smallest absolute Gasteiger partial charge is 0.123 e. The van der Waals surface area contributed by atoms with Crippen molar-refractivity contribution in [3.8, 4) is 5.75 Å². The van der Waals surface area contributed by atoms with Crippen molar-refractivity contribution >= 4 is 11.6 Å². The molecule has 3 heteroatoms. The second-order valence-electron chi connectivity index (χ2n) is 6.51. The highest BCUT2D eigenvalue weighted by atomic mass is 35.5. The van der Waals surface area contributed by atoms with Gasteiger partial charge in [0.25, 0.3) is 0 Å². The fourth-order valence-corrected chi connectivity index (χ4v) is 3.27. The fraction of sp³-hybridized carbons (Fsp3) is 0.647. The molecule has 1 fully saturated rings. The summed E-state index contributed by atoms with van der Waals surface area (Å²) in [6.07, 6.45) is 1.46. The normalized spacial score (nSPS) is 29.4. The lowest BCUT2D eigenvalue weighted by Crippen LogP contribution is -2.57. The van der Waals surface area contributed by atoms with E-state index in [0.717, 1.165) is 28.3 Å². The minimum Gasteiger partial charge on any atom is -0.489 e. The van der Waals surface area contributed by atoms with Gasteiger partial charge in [-0.2, -0.15) is 0 Å². The van der Waals surface area contributed by atoms with Crippen molar-refractivity contribution in [2.75, 3.05) is 0 Å². The van der Waals surface area contributed by atoms with Crippen molar-refractivity contribution in [1.82, 2.24) is 0 Å². The first-order chi connectivity index (χ1) is 9.29. The van der Waals surface area contributed by atoms with Gasteiger partial charge in [0.15, 0.2) is 0 Å². The number of ether oxygens (including phenoxy) is 1. The molecule has 112 valence electrons. The average molecular weight is 297 g/mol. The van der Waals surface area contributed by atoms with Gasteiger partial charge in [-0.15, -0.1) is 0 Å². The van der Waals surface area contributed by atoms with Gasteiger partial charge in [0.2, 0.25) is 0 Å². The summed E-state index contributed by atoms with van der Waals surface area (Å²) in [7, 11) is 0. The Morgan fingerprint density at radius 2 is 2.10 bits per heavy atom. The quantitative estimate of drug-likeness (QED) is 0.872. The van der Waals surface area contributed by atoms with Crippen LogP contribution in [0.4, 0.5) is 0 Å². The summed E-state index contributed by atoms with van der Waals surface area (Å²) in [6, 6.07) is 4.04. The van der Waals surface area contributed by atoms with Gasteiger partial charge in [0, 0.05) is 16.9 Å². The molecule has 0 radical (unpaired) electrons. The first-order valence-electron chi connectivity index (χ1n) is 7.44. The molecule has 1 aliphatic carbocycles. The van der Waals surface area contributed by atoms with Crippen LogP contribution in [0, 0.1) is 12.3 Å². The largest absolute Gasteiger partial charge is 0.489 e. The van der Waals surface area contributed by atoms with Crippen molar-refractivity contribution in [3.63, 3.8) is 0 Å². The van der Waals surface area contributed by atoms with E-state index in [1.54, 1.807) is 0 Å². The molecule has 0 heterocycles. The Morgan fingerprint density at radius 1 is 1.45 bits per heavy atom. The van der Waals surface area contributed by atoms with E-state index >= 15 is 0 Å². The third-order valence-corrected chi connectivity index (χ3v) is 5.21. The lowest BCUT2D eigenvalue weighted by Gasteiger charge is -2.50. The second kappa shape index (κ2) is 5.57. The number of benzene rings is 1. The number of aryl methyl sites for hydroxylation is 1. The molecule has 3 atom stereocenters. The van der Waals surface area contributed by atoms with Crippen LogP contribution < -0.4 is 4.74 Å². The van der Waals surface area contributed by atoms with E-state index in [2.05, 4.69) is 33.8 Å². The van der Waals surface area contributed by atoms with E-state index in [0.29, 0.717) is 12.3 Å². The zero-order valence-electron chi connectivity index (χ0n) is 13.0. The maximum atomic E-state index is 9.97. The lowest BCUT2D eigenvalue weighted by atomic mass is 9.63. The van der Waals surface area contributed by atoms with Crippen LogP contribution in [0.5, 0.6) is 5.75 Å². The van der Waals surface area contributed by atoms with E-state index in [-0.39, 0.29) is 17.6 Å². The maximum absolute atomic E-state index is 9.97. The van der Waals surface area contributed by atoms with Crippen molar-refractivity contribution < 1.29 is 9.84 Å². The third-order valence-electron chi connectivity index (χ3n) is 4.88. The van der Waals surface area contributed by atoms with E-state index in [1.807, 2.05) is 13.0 Å². The van der Waals surface area contributed by atoms with Crippen LogP contribution in [0.15, 0.2) is 12.1 Å². The molecule has 20 heavy (non-hydrogen) atoms. The van der Waals surface area contributed by atoms with Crippen molar-refractivity contribution in [2.24, 2.45) is 5.41 Å². The van der Waals surface area contributed by atoms with Crippen molar-refractivity contribution in [3.05, 3.63) is 28.3 Å². The van der Waals surface area contributed by atoms with Crippen LogP contribution in [0.25, 0.3) is 0 Å². The van der Waals surface area contributed by atoms with Gasteiger partial charge < -0.3 is 9.84 Å². The van der Waals surface area contributed by atoms with Gasteiger partial charge >= 0.3 is 0 Å². The summed E-state index contributed by atoms with van der Waals surface area (Å²) < 4.78 is 6.19. The van der Waals surface area contributed by atoms with E-state index < -0.39 is 0 Å². The van der Waals surface area contributed by atoms with Gasteiger partial charge in [0.1, 0.15) is 11.9 Å². The zero-order valence-corrected chi connectivity index (χ0v) is 13.8. The van der Waals surface area contributed by atoms with Crippen LogP contribution in [-0.4, -0.2) is 17.3 Å². The van der Waals surface area contributed by atoms with E-state index in [1.165, 1.54) is 0 Å². The van der Waals surface area contributed by atoms with Gasteiger partial charge in [-0.05, 0) is 42.5 Å². The molecule has 1 N–H and O–H groups in total. The molecule has 3 unspecified atom stereocenters. The predicted octanol–water partition coefficient (Wildman–Crippen LogP) is 4.70. The molecule has 1 saturated carbocycles. The van der Waals surface area contributed by atoms with Crippen molar-refractivity contribution in [1.29, 1.82) is 0 Å². The minimum atomic E-state index is -0.255. The highest BCUT2D eigenvalue weighted by Crippen LogP contribution is 2.46. The second-order valence-corrected chi connectivity index (χ2v) is 6.92. The number of hydrogen-bond acceptors (Lipinski definition) is 2. The highest BCUT2D eigenvalue weighted by Gasteiger charge is 2.51. The summed E-state index contributed by atoms with van der Waals surface area (Å²) in [4.78, 5) is 0. The summed E-state index contributed by atoms with van der Waals surface area (Å²) in [6.45, 7) is 10.5. The van der Waals surface area contributed by atoms with Crippen LogP contribution in [-0.2, 0) is 0 Å². The molecule has 1 aromatic rings. The summed E-state index contributed by atoms with van der Waals surface area (Å²) in [5, 5.41) is 10.8. The standard InChI is InChI=1S/C17H25ClO2/c1-6-17(5)15(19)9-16(17)20-14-8-12(10(2)3)13(18)7-11(14)4/h7-8,10,15-16,19H,6,9H2,1-5H3. The van der Waals surface area contributed by atoms with Gasteiger partial charge in [-0.3, -0.25) is 0 Å². The minimum absolute atomic E-state index is 0.0855. The van der Waals surface area contributed by atoms with Crippen LogP contribution in [0.3, 0.4) is 0 Å². The first-order valence-corrected chi connectivity index (χ1v) is 7.82. The number of aliphatic hydroxyl groups is 1. The summed E-state index contributed by atoms with van der Waals surface area (Å²) in [5.74, 6) is 1.27. The Hall–Kier alpha value is -0.730. The van der Waals surface area contributed by atoms with E-state index in [4.69, 9.17) is 16.3 Å². The Kier molecular flexibility index (Phi) is 4.36. The van der Waals surface area contributed by atoms with Crippen LogP contribution in [0.1, 0.15) is 57.6 Å². The molecule has 2 rings (SSSR count). The number of rotatable bonds is 4. The average Bonchev–Trinajstić information content (AvgIpc) is 2.39. The molecule has 0 amide bonds. The molecule has 0 spiro atoms. The molecule has 1 aromatic carbocycles. The number of aliphatic hydroxyl groups excluding tert-OH is 1. The maximum Gasteiger partial charge on any atom is 0.123 e. The number of hydrogen-bond donors (Lipinski definition) is 1. The van der Waals surface area contributed by atoms with Crippen LogP contribution in [0.2, 0.25) is 5.02 Å². The third kappa shape index (κ3) is 2.56. The van der Waals surface area contributed by atoms with Crippen molar-refractivity contribution in [2.45, 2.75) is 65.6 Å². The Morgan fingerprint density at radius 3 is 2.60 bits per heavy atom. The van der Waals surface area contributed by atoms with Gasteiger partial charge in [-0.1, -0.05) is 39.3 Å². The fourth-order valence-electron chi connectivity index (χ4n) is 2.83. The Balaban J connectivity index is 2.24. The summed E-state index contributed by atoms with van der Waals surface area (Å²) in [5.41, 5.74) is 2.04. The van der Waals surface area contributed by atoms with Gasteiger partial charge in [-0.25, -0.2) is 0 Å². The molecule has 0 bridgehead atoms. The van der Waals surface area contributed by atoms with E-state index in [9.17, 15) is 5.11 Å². The summed E-state index contributed by atoms with van der Waals surface area (Å²) >= 11 is 6.29. The zero-order chi connectivity index (χ0) is 15.1. The molecule has 0 aromatic heterocycles. The molecule has 1 aliphatic rings. The lowest BCUT2D eigenvalue weighted by molar-refractivity contribution is -0.147. The van der Waals surface area contributed by atoms with Gasteiger partial charge in [0.05, 0.1) is 6.10 Å². The Labute approximate surface area is 127 Å².